The van der Waals surface area contributed by atoms with E-state index in [1.807, 2.05) is 65.9 Å². The molecule has 4 heterocycles. The lowest BCUT2D eigenvalue weighted by atomic mass is 10.1. The SMILES string of the molecule is Cc1cc(Sc2cnc(N3C(CCc4ccccc4)=CSC3N)c(Oc3ccc(F)cc3)c2)n2nc(C)cc2n1. The molecule has 40 heavy (non-hydrogen) atoms. The lowest BCUT2D eigenvalue weighted by Crippen LogP contribution is -2.36. The summed E-state index contributed by atoms with van der Waals surface area (Å²) in [4.78, 5) is 12.3. The van der Waals surface area contributed by atoms with Gasteiger partial charge in [0.25, 0.3) is 0 Å². The molecule has 1 aliphatic rings. The van der Waals surface area contributed by atoms with Gasteiger partial charge >= 0.3 is 0 Å². The highest BCUT2D eigenvalue weighted by Gasteiger charge is 2.29. The first kappa shape index (κ1) is 26.4. The van der Waals surface area contributed by atoms with Crippen molar-refractivity contribution in [2.24, 2.45) is 5.73 Å². The maximum atomic E-state index is 13.6. The molecule has 6 rings (SSSR count). The highest BCUT2D eigenvalue weighted by Crippen LogP contribution is 2.42. The predicted molar refractivity (Wildman–Crippen MR) is 158 cm³/mol. The van der Waals surface area contributed by atoms with Crippen molar-refractivity contribution in [1.29, 1.82) is 0 Å². The standard InChI is InChI=1S/C30H27FN6OS2/c1-19-15-28(37-27(34-19)14-20(2)35-37)40-25-16-26(38-24-12-9-22(31)10-13-24)29(33-17-25)36-23(18-39-30(36)32)11-8-21-6-4-3-5-7-21/h3-7,9-10,12-18,30H,8,11,32H2,1-2H3. The Bertz CT molecular complexity index is 1690. The fraction of sp³-hybridized carbons (Fsp3) is 0.167. The number of ether oxygens (including phenoxy) is 1. The van der Waals surface area contributed by atoms with Crippen molar-refractivity contribution in [2.75, 3.05) is 4.90 Å². The first-order valence-corrected chi connectivity index (χ1v) is 14.6. The number of nitrogens with zero attached hydrogens (tertiary/aromatic N) is 5. The van der Waals surface area contributed by atoms with Crippen LogP contribution in [0.2, 0.25) is 0 Å². The quantitative estimate of drug-likeness (QED) is 0.198. The number of aromatic nitrogens is 4. The van der Waals surface area contributed by atoms with Crippen LogP contribution in [-0.4, -0.2) is 25.1 Å². The van der Waals surface area contributed by atoms with Gasteiger partial charge in [-0.2, -0.15) is 5.10 Å². The minimum absolute atomic E-state index is 0.328. The first-order chi connectivity index (χ1) is 19.4. The zero-order valence-corrected chi connectivity index (χ0v) is 23.6. The van der Waals surface area contributed by atoms with Crippen molar-refractivity contribution in [3.63, 3.8) is 0 Å². The van der Waals surface area contributed by atoms with E-state index >= 15 is 0 Å². The second-order valence-corrected chi connectivity index (χ2v) is 11.5. The molecule has 10 heteroatoms. The third-order valence-corrected chi connectivity index (χ3v) is 8.22. The topological polar surface area (TPSA) is 81.6 Å². The summed E-state index contributed by atoms with van der Waals surface area (Å²) in [7, 11) is 0. The van der Waals surface area contributed by atoms with Crippen molar-refractivity contribution in [3.8, 4) is 11.5 Å². The Hall–Kier alpha value is -3.86. The third kappa shape index (κ3) is 5.70. The van der Waals surface area contributed by atoms with Gasteiger partial charge in [-0.15, -0.1) is 0 Å². The van der Waals surface area contributed by atoms with E-state index < -0.39 is 0 Å². The smallest absolute Gasteiger partial charge is 0.178 e. The Balaban J connectivity index is 1.35. The molecule has 0 radical (unpaired) electrons. The highest BCUT2D eigenvalue weighted by molar-refractivity contribution is 8.03. The Morgan fingerprint density at radius 1 is 1.00 bits per heavy atom. The number of halogens is 1. The number of benzene rings is 2. The fourth-order valence-corrected chi connectivity index (χ4v) is 6.37. The normalized spacial score (nSPS) is 15.1. The van der Waals surface area contributed by atoms with Crippen LogP contribution < -0.4 is 15.4 Å². The molecule has 0 saturated heterocycles. The number of allylic oxidation sites excluding steroid dienone is 1. The highest BCUT2D eigenvalue weighted by atomic mass is 32.2. The summed E-state index contributed by atoms with van der Waals surface area (Å²) in [6.45, 7) is 3.91. The molecule has 1 unspecified atom stereocenters. The molecule has 1 aliphatic heterocycles. The maximum absolute atomic E-state index is 13.6. The number of nitrogens with two attached hydrogens (primary N) is 1. The van der Waals surface area contributed by atoms with Gasteiger partial charge in [0.15, 0.2) is 17.2 Å². The summed E-state index contributed by atoms with van der Waals surface area (Å²) in [5.74, 6) is 1.31. The lowest BCUT2D eigenvalue weighted by molar-refractivity contribution is 0.475. The molecule has 0 aliphatic carbocycles. The summed E-state index contributed by atoms with van der Waals surface area (Å²) >= 11 is 3.07. The van der Waals surface area contributed by atoms with Gasteiger partial charge in [-0.1, -0.05) is 53.9 Å². The molecule has 0 amide bonds. The molecular formula is C30H27FN6OS2. The van der Waals surface area contributed by atoms with Crippen LogP contribution in [0, 0.1) is 19.7 Å². The summed E-state index contributed by atoms with van der Waals surface area (Å²) < 4.78 is 21.8. The molecule has 1 atom stereocenters. The molecule has 2 N–H and O–H groups in total. The van der Waals surface area contributed by atoms with Gasteiger partial charge in [-0.3, -0.25) is 0 Å². The Kier molecular flexibility index (Phi) is 7.46. The van der Waals surface area contributed by atoms with Gasteiger partial charge in [-0.25, -0.2) is 18.9 Å². The Morgan fingerprint density at radius 3 is 2.60 bits per heavy atom. The molecule has 202 valence electrons. The number of thioether (sulfide) groups is 1. The molecule has 0 spiro atoms. The van der Waals surface area contributed by atoms with Gasteiger partial charge in [0.05, 0.1) is 5.69 Å². The van der Waals surface area contributed by atoms with Crippen molar-refractivity contribution >= 4 is 35.0 Å². The number of anilines is 1. The van der Waals surface area contributed by atoms with Crippen LogP contribution >= 0.6 is 23.5 Å². The molecule has 3 aromatic heterocycles. The van der Waals surface area contributed by atoms with E-state index in [2.05, 4.69) is 27.6 Å². The van der Waals surface area contributed by atoms with Gasteiger partial charge < -0.3 is 15.4 Å². The van der Waals surface area contributed by atoms with Crippen LogP contribution in [0.15, 0.2) is 100 Å². The second kappa shape index (κ2) is 11.3. The number of aryl methyl sites for hydroxylation is 3. The average Bonchev–Trinajstić information content (AvgIpc) is 3.51. The van der Waals surface area contributed by atoms with Crippen LogP contribution in [0.4, 0.5) is 10.2 Å². The van der Waals surface area contributed by atoms with Crippen LogP contribution in [-0.2, 0) is 6.42 Å². The molecule has 0 saturated carbocycles. The number of pyridine rings is 1. The predicted octanol–water partition coefficient (Wildman–Crippen LogP) is 7.09. The summed E-state index contributed by atoms with van der Waals surface area (Å²) in [6, 6.07) is 22.2. The summed E-state index contributed by atoms with van der Waals surface area (Å²) in [5.41, 5.74) is 11.1. The lowest BCUT2D eigenvalue weighted by Gasteiger charge is -2.27. The van der Waals surface area contributed by atoms with E-state index in [1.165, 1.54) is 29.5 Å². The average molecular weight is 571 g/mol. The number of hydrogen-bond donors (Lipinski definition) is 1. The second-order valence-electron chi connectivity index (χ2n) is 9.43. The summed E-state index contributed by atoms with van der Waals surface area (Å²) in [5, 5.41) is 7.61. The van der Waals surface area contributed by atoms with Gasteiger partial charge in [-0.05, 0) is 68.0 Å². The van der Waals surface area contributed by atoms with E-state index in [-0.39, 0.29) is 11.3 Å². The molecule has 0 fully saturated rings. The van der Waals surface area contributed by atoms with Crippen molar-refractivity contribution in [3.05, 3.63) is 113 Å². The molecule has 2 aromatic carbocycles. The number of hydrogen-bond acceptors (Lipinski definition) is 8. The summed E-state index contributed by atoms with van der Waals surface area (Å²) in [6.07, 6.45) is 3.49. The van der Waals surface area contributed by atoms with Crippen molar-refractivity contribution in [1.82, 2.24) is 19.6 Å². The van der Waals surface area contributed by atoms with Gasteiger partial charge in [0, 0.05) is 34.6 Å². The van der Waals surface area contributed by atoms with Gasteiger partial charge in [0.2, 0.25) is 0 Å². The van der Waals surface area contributed by atoms with Crippen molar-refractivity contribution < 1.29 is 9.13 Å². The van der Waals surface area contributed by atoms with E-state index in [4.69, 9.17) is 15.5 Å². The zero-order chi connectivity index (χ0) is 27.6. The Morgan fingerprint density at radius 2 is 1.80 bits per heavy atom. The minimum Gasteiger partial charge on any atom is -0.453 e. The van der Waals surface area contributed by atoms with Crippen LogP contribution in [0.5, 0.6) is 11.5 Å². The number of fused-ring (bicyclic) bond motifs is 1. The molecule has 5 aromatic rings. The van der Waals surface area contributed by atoms with E-state index in [1.54, 1.807) is 23.9 Å². The largest absolute Gasteiger partial charge is 0.453 e. The van der Waals surface area contributed by atoms with E-state index in [0.717, 1.165) is 45.5 Å². The molecular weight excluding hydrogens is 544 g/mol. The third-order valence-electron chi connectivity index (χ3n) is 6.36. The van der Waals surface area contributed by atoms with Crippen LogP contribution in [0.25, 0.3) is 5.65 Å². The van der Waals surface area contributed by atoms with Crippen LogP contribution in [0.1, 0.15) is 23.4 Å². The van der Waals surface area contributed by atoms with Crippen LogP contribution in [0.3, 0.4) is 0 Å². The van der Waals surface area contributed by atoms with E-state index in [9.17, 15) is 4.39 Å². The zero-order valence-electron chi connectivity index (χ0n) is 22.0. The number of rotatable bonds is 8. The maximum Gasteiger partial charge on any atom is 0.178 e. The van der Waals surface area contributed by atoms with E-state index in [0.29, 0.717) is 17.3 Å². The molecule has 0 bridgehead atoms. The van der Waals surface area contributed by atoms with Gasteiger partial charge in [0.1, 0.15) is 22.1 Å². The van der Waals surface area contributed by atoms with Crippen molar-refractivity contribution in [2.45, 2.75) is 42.1 Å². The molecule has 7 nitrogen and oxygen atoms in total. The fourth-order valence-electron chi connectivity index (χ4n) is 4.52. The monoisotopic (exact) mass is 570 g/mol. The first-order valence-electron chi connectivity index (χ1n) is 12.8. The Labute approximate surface area is 240 Å². The minimum atomic E-state index is -0.345.